The van der Waals surface area contributed by atoms with Crippen molar-refractivity contribution in [2.24, 2.45) is 0 Å². The van der Waals surface area contributed by atoms with Crippen LogP contribution in [0, 0.1) is 0 Å². The van der Waals surface area contributed by atoms with E-state index in [1.165, 1.54) is 0 Å². The highest BCUT2D eigenvalue weighted by Crippen LogP contribution is 2.37. The van der Waals surface area contributed by atoms with Gasteiger partial charge in [0, 0.05) is 23.5 Å². The summed E-state index contributed by atoms with van der Waals surface area (Å²) in [5.74, 6) is 1.57. The molecule has 2 N–H and O–H groups in total. The minimum Gasteiger partial charge on any atom is -0.493 e. The molecule has 0 fully saturated rings. The minimum atomic E-state index is 0.246. The first kappa shape index (κ1) is 11.2. The first-order valence-corrected chi connectivity index (χ1v) is 5.05. The molecule has 0 aliphatic carbocycles. The SMILES string of the molecule is COc1cccc(-c2cnc(N)nc2)c1OC. The fourth-order valence-corrected chi connectivity index (χ4v) is 1.59. The van der Waals surface area contributed by atoms with Crippen molar-refractivity contribution in [3.8, 4) is 22.6 Å². The third-order valence-electron chi connectivity index (χ3n) is 2.39. The molecule has 0 aliphatic heterocycles. The highest BCUT2D eigenvalue weighted by atomic mass is 16.5. The highest BCUT2D eigenvalue weighted by Gasteiger charge is 2.11. The predicted octanol–water partition coefficient (Wildman–Crippen LogP) is 1.74. The summed E-state index contributed by atoms with van der Waals surface area (Å²) in [7, 11) is 3.20. The van der Waals surface area contributed by atoms with Gasteiger partial charge in [-0.1, -0.05) is 12.1 Å². The summed E-state index contributed by atoms with van der Waals surface area (Å²) in [5.41, 5.74) is 7.15. The van der Waals surface area contributed by atoms with Crippen molar-refractivity contribution >= 4 is 5.95 Å². The molecule has 5 heteroatoms. The molecule has 5 nitrogen and oxygen atoms in total. The topological polar surface area (TPSA) is 70.3 Å². The molecule has 1 heterocycles. The summed E-state index contributed by atoms with van der Waals surface area (Å²) in [5, 5.41) is 0. The summed E-state index contributed by atoms with van der Waals surface area (Å²) in [4.78, 5) is 7.91. The van der Waals surface area contributed by atoms with Crippen LogP contribution in [0.15, 0.2) is 30.6 Å². The first-order valence-electron chi connectivity index (χ1n) is 5.05. The van der Waals surface area contributed by atoms with E-state index in [-0.39, 0.29) is 5.95 Å². The van der Waals surface area contributed by atoms with Crippen molar-refractivity contribution in [3.63, 3.8) is 0 Å². The highest BCUT2D eigenvalue weighted by molar-refractivity contribution is 5.72. The average Bonchev–Trinajstić information content (AvgIpc) is 2.38. The molecule has 0 atom stereocenters. The van der Waals surface area contributed by atoms with E-state index in [1.807, 2.05) is 18.2 Å². The van der Waals surface area contributed by atoms with E-state index < -0.39 is 0 Å². The van der Waals surface area contributed by atoms with Crippen LogP contribution in [0.2, 0.25) is 0 Å². The van der Waals surface area contributed by atoms with Crippen molar-refractivity contribution in [3.05, 3.63) is 30.6 Å². The number of methoxy groups -OCH3 is 2. The molecule has 2 rings (SSSR count). The molecule has 0 aliphatic rings. The van der Waals surface area contributed by atoms with Gasteiger partial charge in [0.05, 0.1) is 14.2 Å². The molecule has 0 spiro atoms. The van der Waals surface area contributed by atoms with Crippen LogP contribution in [0.25, 0.3) is 11.1 Å². The van der Waals surface area contributed by atoms with Crippen LogP contribution in [0.3, 0.4) is 0 Å². The molecule has 1 aromatic carbocycles. The number of aromatic nitrogens is 2. The van der Waals surface area contributed by atoms with E-state index in [0.29, 0.717) is 11.5 Å². The number of nitrogens with zero attached hydrogens (tertiary/aromatic N) is 2. The minimum absolute atomic E-state index is 0.246. The lowest BCUT2D eigenvalue weighted by Gasteiger charge is -2.12. The first-order chi connectivity index (χ1) is 8.26. The molecule has 1 aromatic heterocycles. The van der Waals surface area contributed by atoms with Gasteiger partial charge in [-0.05, 0) is 6.07 Å². The molecule has 0 amide bonds. The zero-order valence-electron chi connectivity index (χ0n) is 9.68. The van der Waals surface area contributed by atoms with E-state index >= 15 is 0 Å². The van der Waals surface area contributed by atoms with Crippen LogP contribution < -0.4 is 15.2 Å². The van der Waals surface area contributed by atoms with Crippen LogP contribution in [0.5, 0.6) is 11.5 Å². The van der Waals surface area contributed by atoms with Gasteiger partial charge in [-0.3, -0.25) is 0 Å². The fraction of sp³-hybridized carbons (Fsp3) is 0.167. The maximum atomic E-state index is 5.45. The van der Waals surface area contributed by atoms with Gasteiger partial charge in [0.25, 0.3) is 0 Å². The quantitative estimate of drug-likeness (QED) is 0.871. The monoisotopic (exact) mass is 231 g/mol. The van der Waals surface area contributed by atoms with Gasteiger partial charge in [-0.2, -0.15) is 0 Å². The van der Waals surface area contributed by atoms with Gasteiger partial charge >= 0.3 is 0 Å². The summed E-state index contributed by atoms with van der Waals surface area (Å²) < 4.78 is 10.6. The Morgan fingerprint density at radius 2 is 1.76 bits per heavy atom. The van der Waals surface area contributed by atoms with Crippen LogP contribution >= 0.6 is 0 Å². The molecule has 2 aromatic rings. The van der Waals surface area contributed by atoms with E-state index in [1.54, 1.807) is 26.6 Å². The fourth-order valence-electron chi connectivity index (χ4n) is 1.59. The molecular weight excluding hydrogens is 218 g/mol. The Morgan fingerprint density at radius 1 is 1.06 bits per heavy atom. The second kappa shape index (κ2) is 4.69. The number of ether oxygens (including phenoxy) is 2. The number of nitrogen functional groups attached to an aromatic ring is 1. The number of anilines is 1. The van der Waals surface area contributed by atoms with E-state index in [4.69, 9.17) is 15.2 Å². The van der Waals surface area contributed by atoms with Crippen LogP contribution in [-0.4, -0.2) is 24.2 Å². The Labute approximate surface area is 99.2 Å². The predicted molar refractivity (Wildman–Crippen MR) is 65.0 cm³/mol. The zero-order valence-corrected chi connectivity index (χ0v) is 9.68. The summed E-state index contributed by atoms with van der Waals surface area (Å²) in [6.07, 6.45) is 3.30. The molecule has 0 radical (unpaired) electrons. The third-order valence-corrected chi connectivity index (χ3v) is 2.39. The largest absolute Gasteiger partial charge is 0.493 e. The van der Waals surface area contributed by atoms with E-state index in [2.05, 4.69) is 9.97 Å². The molecule has 0 unspecified atom stereocenters. The summed E-state index contributed by atoms with van der Waals surface area (Å²) in [6, 6.07) is 5.63. The van der Waals surface area contributed by atoms with Crippen LogP contribution in [0.4, 0.5) is 5.95 Å². The number of rotatable bonds is 3. The Kier molecular flexibility index (Phi) is 3.09. The van der Waals surface area contributed by atoms with Crippen molar-refractivity contribution in [1.29, 1.82) is 0 Å². The number of nitrogens with two attached hydrogens (primary N) is 1. The normalized spacial score (nSPS) is 10.0. The maximum Gasteiger partial charge on any atom is 0.219 e. The van der Waals surface area contributed by atoms with Crippen LogP contribution in [-0.2, 0) is 0 Å². The Morgan fingerprint density at radius 3 is 2.35 bits per heavy atom. The molecule has 0 saturated carbocycles. The van der Waals surface area contributed by atoms with Crippen molar-refractivity contribution in [1.82, 2.24) is 9.97 Å². The smallest absolute Gasteiger partial charge is 0.219 e. The van der Waals surface area contributed by atoms with Crippen molar-refractivity contribution < 1.29 is 9.47 Å². The lowest BCUT2D eigenvalue weighted by atomic mass is 10.1. The van der Waals surface area contributed by atoms with E-state index in [9.17, 15) is 0 Å². The molecule has 0 saturated heterocycles. The zero-order chi connectivity index (χ0) is 12.3. The van der Waals surface area contributed by atoms with Gasteiger partial charge in [0.15, 0.2) is 11.5 Å². The Bertz CT molecular complexity index is 512. The van der Waals surface area contributed by atoms with Gasteiger partial charge < -0.3 is 15.2 Å². The average molecular weight is 231 g/mol. The van der Waals surface area contributed by atoms with Gasteiger partial charge in [-0.15, -0.1) is 0 Å². The van der Waals surface area contributed by atoms with Crippen LogP contribution in [0.1, 0.15) is 0 Å². The number of benzene rings is 1. The lowest BCUT2D eigenvalue weighted by Crippen LogP contribution is -1.96. The maximum absolute atomic E-state index is 5.45. The standard InChI is InChI=1S/C12H13N3O2/c1-16-10-5-3-4-9(11(10)17-2)8-6-14-12(13)15-7-8/h3-7H,1-2H3,(H2,13,14,15). The third kappa shape index (κ3) is 2.13. The van der Waals surface area contributed by atoms with E-state index in [0.717, 1.165) is 11.1 Å². The molecule has 88 valence electrons. The van der Waals surface area contributed by atoms with Gasteiger partial charge in [-0.25, -0.2) is 9.97 Å². The second-order valence-corrected chi connectivity index (χ2v) is 3.37. The number of para-hydroxylation sites is 1. The van der Waals surface area contributed by atoms with Crippen molar-refractivity contribution in [2.45, 2.75) is 0 Å². The summed E-state index contributed by atoms with van der Waals surface area (Å²) >= 11 is 0. The molecule has 0 bridgehead atoms. The molecular formula is C12H13N3O2. The second-order valence-electron chi connectivity index (χ2n) is 3.37. The van der Waals surface area contributed by atoms with Gasteiger partial charge in [0.2, 0.25) is 5.95 Å². The Hall–Kier alpha value is -2.30. The van der Waals surface area contributed by atoms with Gasteiger partial charge in [0.1, 0.15) is 0 Å². The lowest BCUT2D eigenvalue weighted by molar-refractivity contribution is 0.356. The summed E-state index contributed by atoms with van der Waals surface area (Å²) in [6.45, 7) is 0. The molecule has 17 heavy (non-hydrogen) atoms. The van der Waals surface area contributed by atoms with Crippen molar-refractivity contribution in [2.75, 3.05) is 20.0 Å². The number of hydrogen-bond donors (Lipinski definition) is 1. The number of hydrogen-bond acceptors (Lipinski definition) is 5. The Balaban J connectivity index is 2.54.